The molecule has 2 amide bonds. The number of nitrogens with zero attached hydrogens (tertiary/aromatic N) is 3. The van der Waals surface area contributed by atoms with Crippen LogP contribution in [0, 0.1) is 0 Å². The normalized spacial score (nSPS) is 13.3. The zero-order valence-electron chi connectivity index (χ0n) is 17.1. The van der Waals surface area contributed by atoms with Crippen molar-refractivity contribution in [2.24, 2.45) is 0 Å². The molecule has 0 unspecified atom stereocenters. The topological polar surface area (TPSA) is 67.2 Å². The molecule has 2 aromatic rings. The van der Waals surface area contributed by atoms with Crippen LogP contribution in [0.25, 0.3) is 0 Å². The minimum atomic E-state index is -0.175. The maximum Gasteiger partial charge on any atom is 0.290 e. The van der Waals surface area contributed by atoms with E-state index in [0.717, 1.165) is 43.5 Å². The van der Waals surface area contributed by atoms with Crippen LogP contribution in [0.2, 0.25) is 0 Å². The van der Waals surface area contributed by atoms with Crippen LogP contribution in [0.3, 0.4) is 0 Å². The first-order valence-corrected chi connectivity index (χ1v) is 10.3. The first kappa shape index (κ1) is 20.1. The first-order valence-electron chi connectivity index (χ1n) is 10.3. The molecule has 0 saturated heterocycles. The minimum absolute atomic E-state index is 0.0293. The molecule has 3 rings (SSSR count). The van der Waals surface area contributed by atoms with Crippen molar-refractivity contribution in [3.63, 3.8) is 0 Å². The summed E-state index contributed by atoms with van der Waals surface area (Å²) < 4.78 is 1.97. The van der Waals surface area contributed by atoms with Crippen molar-refractivity contribution >= 4 is 11.8 Å². The van der Waals surface area contributed by atoms with Crippen LogP contribution in [0.5, 0.6) is 0 Å². The van der Waals surface area contributed by atoms with Crippen LogP contribution in [-0.2, 0) is 19.5 Å². The molecule has 0 fully saturated rings. The highest BCUT2D eigenvalue weighted by Crippen LogP contribution is 2.23. The van der Waals surface area contributed by atoms with E-state index in [9.17, 15) is 9.59 Å². The largest absolute Gasteiger partial charge is 0.351 e. The lowest BCUT2D eigenvalue weighted by molar-refractivity contribution is 0.0671. The van der Waals surface area contributed by atoms with Gasteiger partial charge in [-0.3, -0.25) is 9.59 Å². The standard InChI is InChI=1S/C22H30N4O2/c1-4-13-23-21(27)19-18-12-8-9-14-25(18)20(24-19)22(28)26(16(2)3)15-17-10-6-5-7-11-17/h5-7,10-11,16H,4,8-9,12-15H2,1-3H3,(H,23,27). The van der Waals surface area contributed by atoms with Crippen molar-refractivity contribution in [2.45, 2.75) is 65.6 Å². The Labute approximate surface area is 166 Å². The summed E-state index contributed by atoms with van der Waals surface area (Å²) in [6.07, 6.45) is 3.67. The molecule has 1 aromatic heterocycles. The smallest absolute Gasteiger partial charge is 0.290 e. The van der Waals surface area contributed by atoms with Crippen LogP contribution in [0.4, 0.5) is 0 Å². The third kappa shape index (κ3) is 4.26. The number of rotatable bonds is 7. The van der Waals surface area contributed by atoms with Gasteiger partial charge in [-0.1, -0.05) is 37.3 Å². The van der Waals surface area contributed by atoms with Crippen LogP contribution >= 0.6 is 0 Å². The summed E-state index contributed by atoms with van der Waals surface area (Å²) in [6, 6.07) is 10.00. The molecule has 0 aliphatic carbocycles. The number of fused-ring (bicyclic) bond motifs is 1. The monoisotopic (exact) mass is 382 g/mol. The van der Waals surface area contributed by atoms with Crippen LogP contribution in [0.15, 0.2) is 30.3 Å². The van der Waals surface area contributed by atoms with E-state index in [-0.39, 0.29) is 17.9 Å². The van der Waals surface area contributed by atoms with Gasteiger partial charge in [0, 0.05) is 25.7 Å². The van der Waals surface area contributed by atoms with Crippen molar-refractivity contribution < 1.29 is 9.59 Å². The quantitative estimate of drug-likeness (QED) is 0.798. The molecule has 1 aliphatic rings. The van der Waals surface area contributed by atoms with Gasteiger partial charge in [0.25, 0.3) is 11.8 Å². The lowest BCUT2D eigenvalue weighted by Crippen LogP contribution is -2.38. The summed E-state index contributed by atoms with van der Waals surface area (Å²) in [5.74, 6) is 0.100. The number of carbonyl (C=O) groups excluding carboxylic acids is 2. The zero-order valence-corrected chi connectivity index (χ0v) is 17.1. The van der Waals surface area contributed by atoms with Crippen molar-refractivity contribution in [1.29, 1.82) is 0 Å². The summed E-state index contributed by atoms with van der Waals surface area (Å²) in [5.41, 5.74) is 2.39. The molecule has 6 heteroatoms. The molecule has 6 nitrogen and oxygen atoms in total. The minimum Gasteiger partial charge on any atom is -0.351 e. The predicted octanol–water partition coefficient (Wildman–Crippen LogP) is 3.41. The highest BCUT2D eigenvalue weighted by molar-refractivity contribution is 5.97. The Kier molecular flexibility index (Phi) is 6.49. The van der Waals surface area contributed by atoms with E-state index in [0.29, 0.717) is 24.6 Å². The fourth-order valence-corrected chi connectivity index (χ4v) is 3.61. The molecule has 150 valence electrons. The van der Waals surface area contributed by atoms with Gasteiger partial charge in [-0.15, -0.1) is 0 Å². The summed E-state index contributed by atoms with van der Waals surface area (Å²) in [4.78, 5) is 32.4. The number of amides is 2. The van der Waals surface area contributed by atoms with Crippen LogP contribution in [0.1, 0.15) is 72.4 Å². The molecule has 1 N–H and O–H groups in total. The summed E-state index contributed by atoms with van der Waals surface area (Å²) in [5, 5.41) is 2.90. The average Bonchev–Trinajstić information content (AvgIpc) is 3.10. The van der Waals surface area contributed by atoms with E-state index in [1.807, 2.05) is 60.6 Å². The second-order valence-electron chi connectivity index (χ2n) is 7.61. The highest BCUT2D eigenvalue weighted by Gasteiger charge is 2.30. The average molecular weight is 383 g/mol. The Hall–Kier alpha value is -2.63. The Morgan fingerprint density at radius 2 is 1.96 bits per heavy atom. The summed E-state index contributed by atoms with van der Waals surface area (Å²) in [7, 11) is 0. The number of aromatic nitrogens is 2. The summed E-state index contributed by atoms with van der Waals surface area (Å²) >= 11 is 0. The molecule has 2 heterocycles. The number of carbonyl (C=O) groups is 2. The van der Waals surface area contributed by atoms with E-state index in [2.05, 4.69) is 10.3 Å². The molecule has 28 heavy (non-hydrogen) atoms. The van der Waals surface area contributed by atoms with Gasteiger partial charge in [0.05, 0.1) is 5.69 Å². The van der Waals surface area contributed by atoms with Gasteiger partial charge in [0.2, 0.25) is 0 Å². The Morgan fingerprint density at radius 3 is 2.64 bits per heavy atom. The van der Waals surface area contributed by atoms with Gasteiger partial charge >= 0.3 is 0 Å². The highest BCUT2D eigenvalue weighted by atomic mass is 16.2. The molecule has 1 aliphatic heterocycles. The number of nitrogens with one attached hydrogen (secondary N) is 1. The van der Waals surface area contributed by atoms with E-state index >= 15 is 0 Å². The molecule has 0 saturated carbocycles. The van der Waals surface area contributed by atoms with Gasteiger partial charge in [-0.05, 0) is 45.1 Å². The van der Waals surface area contributed by atoms with E-state index < -0.39 is 0 Å². The first-order chi connectivity index (χ1) is 13.5. The predicted molar refractivity (Wildman–Crippen MR) is 109 cm³/mol. The number of hydrogen-bond acceptors (Lipinski definition) is 3. The molecule has 1 aromatic carbocycles. The second kappa shape index (κ2) is 9.04. The van der Waals surface area contributed by atoms with Gasteiger partial charge in [-0.2, -0.15) is 0 Å². The van der Waals surface area contributed by atoms with Gasteiger partial charge in [-0.25, -0.2) is 4.98 Å². The van der Waals surface area contributed by atoms with Gasteiger partial charge in [0.1, 0.15) is 5.69 Å². The van der Waals surface area contributed by atoms with E-state index in [4.69, 9.17) is 0 Å². The fourth-order valence-electron chi connectivity index (χ4n) is 3.61. The van der Waals surface area contributed by atoms with Crippen molar-refractivity contribution in [3.8, 4) is 0 Å². The number of imidazole rings is 1. The third-order valence-corrected chi connectivity index (χ3v) is 5.14. The Balaban J connectivity index is 1.93. The van der Waals surface area contributed by atoms with E-state index in [1.165, 1.54) is 0 Å². The number of hydrogen-bond donors (Lipinski definition) is 1. The van der Waals surface area contributed by atoms with Crippen LogP contribution < -0.4 is 5.32 Å². The maximum absolute atomic E-state index is 13.4. The fraction of sp³-hybridized carbons (Fsp3) is 0.500. The molecule has 0 radical (unpaired) electrons. The summed E-state index contributed by atoms with van der Waals surface area (Å²) in [6.45, 7) is 7.91. The van der Waals surface area contributed by atoms with Crippen molar-refractivity contribution in [1.82, 2.24) is 19.8 Å². The molecular formula is C22H30N4O2. The van der Waals surface area contributed by atoms with Crippen molar-refractivity contribution in [2.75, 3.05) is 6.54 Å². The lowest BCUT2D eigenvalue weighted by Gasteiger charge is -2.27. The zero-order chi connectivity index (χ0) is 20.1. The Bertz CT molecular complexity index is 827. The van der Waals surface area contributed by atoms with Gasteiger partial charge < -0.3 is 14.8 Å². The van der Waals surface area contributed by atoms with E-state index in [1.54, 1.807) is 0 Å². The SMILES string of the molecule is CCCNC(=O)c1nc(C(=O)N(Cc2ccccc2)C(C)C)n2c1CCCC2. The van der Waals surface area contributed by atoms with Crippen molar-refractivity contribution in [3.05, 3.63) is 53.1 Å². The molecular weight excluding hydrogens is 352 g/mol. The van der Waals surface area contributed by atoms with Crippen LogP contribution in [-0.4, -0.2) is 38.9 Å². The Morgan fingerprint density at radius 1 is 1.21 bits per heavy atom. The lowest BCUT2D eigenvalue weighted by atomic mass is 10.1. The molecule has 0 atom stereocenters. The number of benzene rings is 1. The third-order valence-electron chi connectivity index (χ3n) is 5.14. The molecule has 0 bridgehead atoms. The second-order valence-corrected chi connectivity index (χ2v) is 7.61. The molecule has 0 spiro atoms. The maximum atomic E-state index is 13.4. The van der Waals surface area contributed by atoms with Gasteiger partial charge in [0.15, 0.2) is 5.82 Å².